The molecule has 5 rings (SSSR count). The maximum Gasteiger partial charge on any atom is 0.0659 e. The molecular weight excluding hydrogens is 515 g/mol. The first-order valence-electron chi connectivity index (χ1n) is 8.82. The van der Waals surface area contributed by atoms with Crippen molar-refractivity contribution in [2.45, 2.75) is 13.3 Å². The van der Waals surface area contributed by atoms with Gasteiger partial charge in [-0.15, -0.1) is 0 Å². The van der Waals surface area contributed by atoms with E-state index >= 15 is 0 Å². The first-order valence-corrected chi connectivity index (χ1v) is 8.82. The molecule has 3 aromatic rings. The molecule has 5 heteroatoms. The van der Waals surface area contributed by atoms with Crippen LogP contribution in [0.15, 0.2) is 42.5 Å². The average Bonchev–Trinajstić information content (AvgIpc) is 3.39. The van der Waals surface area contributed by atoms with Crippen molar-refractivity contribution in [3.05, 3.63) is 70.8 Å². The Morgan fingerprint density at radius 2 is 1.26 bits per heavy atom. The number of hydrogen-bond acceptors (Lipinski definition) is 2. The quantitative estimate of drug-likeness (QED) is 0.311. The predicted molar refractivity (Wildman–Crippen MR) is 108 cm³/mol. The zero-order chi connectivity index (χ0) is 17.5. The Morgan fingerprint density at radius 1 is 0.667 bits per heavy atom. The van der Waals surface area contributed by atoms with Gasteiger partial charge in [0.05, 0.1) is 22.8 Å². The fourth-order valence-electron chi connectivity index (χ4n) is 3.37. The van der Waals surface area contributed by atoms with E-state index in [-0.39, 0.29) is 21.1 Å². The molecule has 0 unspecified atom stereocenters. The fraction of sp³-hybridized carbons (Fsp3) is 0.0909. The van der Waals surface area contributed by atoms with E-state index in [1.165, 1.54) is 5.56 Å². The number of rotatable bonds is 1. The molecular formula is C22H18N4Pt. The number of aromatic amines is 2. The van der Waals surface area contributed by atoms with Gasteiger partial charge in [0.1, 0.15) is 0 Å². The van der Waals surface area contributed by atoms with Crippen LogP contribution in [-0.4, -0.2) is 19.9 Å². The minimum absolute atomic E-state index is 0. The topological polar surface area (TPSA) is 57.4 Å². The standard InChI is InChI=1S/C22H18N4.Pt/c1-2-14-9-21-12-19-6-5-17(24-19)10-15-3-4-16(23-15)11-18-7-8-20(25-18)13-22(14)26-21;/h3-13,24,26H,2H2,1H3;. The number of hydrogen-bond donors (Lipinski definition) is 2. The van der Waals surface area contributed by atoms with Gasteiger partial charge in [-0.05, 0) is 78.8 Å². The molecule has 0 spiro atoms. The summed E-state index contributed by atoms with van der Waals surface area (Å²) >= 11 is 0. The molecule has 0 radical (unpaired) electrons. The van der Waals surface area contributed by atoms with Crippen LogP contribution in [0.25, 0.3) is 46.4 Å². The summed E-state index contributed by atoms with van der Waals surface area (Å²) in [6.07, 6.45) is 9.08. The number of aromatic nitrogens is 4. The van der Waals surface area contributed by atoms with E-state index in [0.717, 1.165) is 51.3 Å². The van der Waals surface area contributed by atoms with Gasteiger partial charge in [-0.25, -0.2) is 9.97 Å². The molecule has 8 bridgehead atoms. The van der Waals surface area contributed by atoms with E-state index in [0.29, 0.717) is 0 Å². The van der Waals surface area contributed by atoms with Gasteiger partial charge in [-0.1, -0.05) is 6.92 Å². The van der Waals surface area contributed by atoms with Crippen molar-refractivity contribution in [1.82, 2.24) is 19.9 Å². The summed E-state index contributed by atoms with van der Waals surface area (Å²) in [4.78, 5) is 16.3. The molecule has 27 heavy (non-hydrogen) atoms. The molecule has 0 fully saturated rings. The summed E-state index contributed by atoms with van der Waals surface area (Å²) in [6.45, 7) is 2.17. The summed E-state index contributed by atoms with van der Waals surface area (Å²) < 4.78 is 0. The van der Waals surface area contributed by atoms with E-state index < -0.39 is 0 Å². The van der Waals surface area contributed by atoms with Crippen molar-refractivity contribution >= 4 is 46.4 Å². The minimum Gasteiger partial charge on any atom is -0.355 e. The summed E-state index contributed by atoms with van der Waals surface area (Å²) in [7, 11) is 0. The van der Waals surface area contributed by atoms with Gasteiger partial charge in [0.2, 0.25) is 0 Å². The van der Waals surface area contributed by atoms with Crippen LogP contribution in [0.3, 0.4) is 0 Å². The second-order valence-electron chi connectivity index (χ2n) is 6.55. The SMILES string of the molecule is CCc1cc2cc3ccc(cc4nc(cc5nc(cc1[nH]2)C=C5)C=C4)[nH]3.[Pt]. The Labute approximate surface area is 171 Å². The predicted octanol–water partition coefficient (Wildman–Crippen LogP) is 5.22. The number of H-pyrrole nitrogens is 2. The molecule has 4 nitrogen and oxygen atoms in total. The Kier molecular flexibility index (Phi) is 4.67. The fourth-order valence-corrected chi connectivity index (χ4v) is 3.37. The number of nitrogens with zero attached hydrogens (tertiary/aromatic N) is 2. The van der Waals surface area contributed by atoms with E-state index in [1.807, 2.05) is 30.4 Å². The largest absolute Gasteiger partial charge is 0.355 e. The summed E-state index contributed by atoms with van der Waals surface area (Å²) in [5.41, 5.74) is 9.31. The normalized spacial score (nSPS) is 12.2. The Hall–Kier alpha value is -2.71. The monoisotopic (exact) mass is 533 g/mol. The minimum atomic E-state index is 0. The van der Waals surface area contributed by atoms with Gasteiger partial charge in [0.25, 0.3) is 0 Å². The molecule has 0 saturated heterocycles. The van der Waals surface area contributed by atoms with E-state index in [2.05, 4.69) is 58.3 Å². The van der Waals surface area contributed by atoms with Crippen LogP contribution in [0, 0.1) is 0 Å². The van der Waals surface area contributed by atoms with Gasteiger partial charge >= 0.3 is 0 Å². The van der Waals surface area contributed by atoms with Gasteiger partial charge in [-0.2, -0.15) is 0 Å². The zero-order valence-electron chi connectivity index (χ0n) is 14.8. The van der Waals surface area contributed by atoms with Crippen LogP contribution in [0.2, 0.25) is 0 Å². The maximum atomic E-state index is 4.70. The van der Waals surface area contributed by atoms with Crippen molar-refractivity contribution < 1.29 is 21.1 Å². The molecule has 136 valence electrons. The van der Waals surface area contributed by atoms with Gasteiger partial charge in [-0.3, -0.25) is 0 Å². The first-order chi connectivity index (χ1) is 12.7. The molecule has 3 aromatic heterocycles. The molecule has 0 aliphatic carbocycles. The van der Waals surface area contributed by atoms with Crippen molar-refractivity contribution in [3.63, 3.8) is 0 Å². The summed E-state index contributed by atoms with van der Waals surface area (Å²) in [5.74, 6) is 0. The van der Waals surface area contributed by atoms with E-state index in [4.69, 9.17) is 4.98 Å². The van der Waals surface area contributed by atoms with Crippen molar-refractivity contribution in [3.8, 4) is 0 Å². The molecule has 5 heterocycles. The molecule has 0 saturated carbocycles. The summed E-state index contributed by atoms with van der Waals surface area (Å²) in [5, 5.41) is 0. The van der Waals surface area contributed by atoms with Crippen LogP contribution in [0.1, 0.15) is 35.3 Å². The maximum absolute atomic E-state index is 4.70. The van der Waals surface area contributed by atoms with Crippen LogP contribution >= 0.6 is 0 Å². The van der Waals surface area contributed by atoms with Crippen LogP contribution in [0.4, 0.5) is 0 Å². The Balaban J connectivity index is 0.00000180. The third-order valence-corrected chi connectivity index (χ3v) is 4.64. The van der Waals surface area contributed by atoms with Gasteiger partial charge in [0.15, 0.2) is 0 Å². The zero-order valence-corrected chi connectivity index (χ0v) is 17.0. The molecule has 2 aliphatic heterocycles. The molecule has 0 amide bonds. The average molecular weight is 533 g/mol. The number of nitrogens with one attached hydrogen (secondary N) is 2. The number of fused-ring (bicyclic) bond motifs is 8. The first kappa shape index (κ1) is 17.7. The van der Waals surface area contributed by atoms with Crippen molar-refractivity contribution in [2.75, 3.05) is 0 Å². The third kappa shape index (κ3) is 3.58. The molecule has 2 N–H and O–H groups in total. The molecule has 0 aromatic carbocycles. The van der Waals surface area contributed by atoms with Crippen LogP contribution in [0.5, 0.6) is 0 Å². The van der Waals surface area contributed by atoms with Gasteiger partial charge < -0.3 is 9.97 Å². The van der Waals surface area contributed by atoms with Crippen LogP contribution < -0.4 is 0 Å². The van der Waals surface area contributed by atoms with Gasteiger partial charge in [0, 0.05) is 43.1 Å². The third-order valence-electron chi connectivity index (χ3n) is 4.64. The van der Waals surface area contributed by atoms with Crippen molar-refractivity contribution in [1.29, 1.82) is 0 Å². The van der Waals surface area contributed by atoms with Crippen LogP contribution in [-0.2, 0) is 27.5 Å². The second kappa shape index (κ2) is 7.13. The smallest absolute Gasteiger partial charge is 0.0659 e. The molecule has 2 aliphatic rings. The van der Waals surface area contributed by atoms with E-state index in [9.17, 15) is 0 Å². The number of aryl methyl sites for hydroxylation is 1. The van der Waals surface area contributed by atoms with E-state index in [1.54, 1.807) is 0 Å². The summed E-state index contributed by atoms with van der Waals surface area (Å²) in [6, 6.07) is 14.7. The second-order valence-corrected chi connectivity index (χ2v) is 6.55. The molecule has 0 atom stereocenters. The van der Waals surface area contributed by atoms with Crippen molar-refractivity contribution in [2.24, 2.45) is 0 Å². The Morgan fingerprint density at radius 3 is 1.93 bits per heavy atom. The Bertz CT molecular complexity index is 1230.